The molecule has 0 spiro atoms. The lowest BCUT2D eigenvalue weighted by Crippen LogP contribution is -2.11. The largest absolute Gasteiger partial charge is 0.417 e. The van der Waals surface area contributed by atoms with Crippen LogP contribution in [0.2, 0.25) is 0 Å². The zero-order valence-electron chi connectivity index (χ0n) is 10.4. The predicted molar refractivity (Wildman–Crippen MR) is 73.2 cm³/mol. The molecule has 2 aromatic rings. The summed E-state index contributed by atoms with van der Waals surface area (Å²) in [7, 11) is 0. The van der Waals surface area contributed by atoms with E-state index in [0.717, 1.165) is 6.07 Å². The van der Waals surface area contributed by atoms with Crippen molar-refractivity contribution in [2.24, 2.45) is 0 Å². The molecule has 1 aromatic carbocycles. The summed E-state index contributed by atoms with van der Waals surface area (Å²) in [6.07, 6.45) is 0.251. The van der Waals surface area contributed by atoms with E-state index in [-0.39, 0.29) is 10.5 Å². The number of nitrogens with one attached hydrogen (secondary N) is 1. The van der Waals surface area contributed by atoms with Crippen LogP contribution >= 0.6 is 15.9 Å². The summed E-state index contributed by atoms with van der Waals surface area (Å²) in [6.45, 7) is 1.80. The molecule has 1 aromatic heterocycles. The van der Waals surface area contributed by atoms with Crippen LogP contribution in [0.3, 0.4) is 0 Å². The second-order valence-electron chi connectivity index (χ2n) is 4.19. The molecule has 0 saturated heterocycles. The number of alkyl halides is 3. The topological polar surface area (TPSA) is 37.8 Å². The molecule has 0 saturated carbocycles. The van der Waals surface area contributed by atoms with Gasteiger partial charge in [0.25, 0.3) is 0 Å². The van der Waals surface area contributed by atoms with Gasteiger partial charge in [-0.1, -0.05) is 15.9 Å². The minimum absolute atomic E-state index is 0.0164. The molecule has 7 heteroatoms. The number of rotatable bonds is 3. The van der Waals surface area contributed by atoms with Crippen LogP contribution in [0.1, 0.15) is 24.2 Å². The van der Waals surface area contributed by atoms with Crippen LogP contribution < -0.4 is 5.32 Å². The van der Waals surface area contributed by atoms with Gasteiger partial charge in [0.15, 0.2) is 0 Å². The van der Waals surface area contributed by atoms with Crippen molar-refractivity contribution in [1.82, 2.24) is 9.97 Å². The van der Waals surface area contributed by atoms with Gasteiger partial charge in [0, 0.05) is 22.6 Å². The van der Waals surface area contributed by atoms with Crippen LogP contribution in [0, 0.1) is 0 Å². The van der Waals surface area contributed by atoms with E-state index in [2.05, 4.69) is 31.2 Å². The summed E-state index contributed by atoms with van der Waals surface area (Å²) in [5.41, 5.74) is 0.316. The Kier molecular flexibility index (Phi) is 4.27. The van der Waals surface area contributed by atoms with Gasteiger partial charge in [-0.2, -0.15) is 13.2 Å². The highest BCUT2D eigenvalue weighted by molar-refractivity contribution is 9.10. The summed E-state index contributed by atoms with van der Waals surface area (Å²) >= 11 is 2.91. The fourth-order valence-corrected chi connectivity index (χ4v) is 2.16. The average Bonchev–Trinajstić information content (AvgIpc) is 2.40. The third-order valence-electron chi connectivity index (χ3n) is 2.68. The lowest BCUT2D eigenvalue weighted by Gasteiger charge is -2.16. The number of aromatic nitrogens is 2. The molecule has 3 nitrogen and oxygen atoms in total. The molecule has 0 aliphatic carbocycles. The molecule has 0 aliphatic rings. The third kappa shape index (κ3) is 3.47. The van der Waals surface area contributed by atoms with Gasteiger partial charge in [0.1, 0.15) is 0 Å². The third-order valence-corrected chi connectivity index (χ3v) is 3.37. The van der Waals surface area contributed by atoms with Crippen LogP contribution in [0.5, 0.6) is 0 Å². The molecule has 106 valence electrons. The van der Waals surface area contributed by atoms with Gasteiger partial charge in [-0.25, -0.2) is 0 Å². The van der Waals surface area contributed by atoms with Gasteiger partial charge >= 0.3 is 6.18 Å². The number of hydrogen-bond acceptors (Lipinski definition) is 3. The zero-order valence-corrected chi connectivity index (χ0v) is 12.0. The van der Waals surface area contributed by atoms with E-state index in [4.69, 9.17) is 0 Å². The monoisotopic (exact) mass is 345 g/mol. The molecular weight excluding hydrogens is 335 g/mol. The normalized spacial score (nSPS) is 13.1. The fourth-order valence-electron chi connectivity index (χ4n) is 1.69. The second-order valence-corrected chi connectivity index (χ2v) is 5.04. The van der Waals surface area contributed by atoms with E-state index in [9.17, 15) is 13.2 Å². The van der Waals surface area contributed by atoms with Crippen molar-refractivity contribution >= 4 is 21.6 Å². The quantitative estimate of drug-likeness (QED) is 0.893. The maximum atomic E-state index is 12.8. The Bertz CT molecular complexity index is 587. The maximum absolute atomic E-state index is 12.8. The summed E-state index contributed by atoms with van der Waals surface area (Å²) in [5, 5.41) is 2.97. The molecule has 0 bridgehead atoms. The van der Waals surface area contributed by atoms with Crippen LogP contribution in [0.4, 0.5) is 18.9 Å². The van der Waals surface area contributed by atoms with Gasteiger partial charge in [0.2, 0.25) is 0 Å². The Balaban J connectivity index is 2.22. The van der Waals surface area contributed by atoms with Gasteiger partial charge in [0.05, 0.1) is 23.5 Å². The minimum atomic E-state index is -4.40. The SMILES string of the molecule is CC(Nc1ccc(Br)c(C(F)(F)F)c1)c1cnccn1. The number of anilines is 1. The highest BCUT2D eigenvalue weighted by Gasteiger charge is 2.33. The zero-order chi connectivity index (χ0) is 14.8. The number of nitrogens with zero attached hydrogens (tertiary/aromatic N) is 2. The van der Waals surface area contributed by atoms with Crippen LogP contribution in [-0.4, -0.2) is 9.97 Å². The first-order valence-electron chi connectivity index (χ1n) is 5.77. The van der Waals surface area contributed by atoms with E-state index >= 15 is 0 Å². The van der Waals surface area contributed by atoms with Crippen molar-refractivity contribution in [2.75, 3.05) is 5.32 Å². The van der Waals surface area contributed by atoms with Gasteiger partial charge in [-0.05, 0) is 25.1 Å². The Hall–Kier alpha value is -1.63. The van der Waals surface area contributed by atoms with Crippen molar-refractivity contribution in [3.05, 3.63) is 52.5 Å². The second kappa shape index (κ2) is 5.78. The van der Waals surface area contributed by atoms with Crippen molar-refractivity contribution in [3.63, 3.8) is 0 Å². The molecule has 1 heterocycles. The first-order chi connectivity index (χ1) is 9.38. The summed E-state index contributed by atoms with van der Waals surface area (Å²) in [4.78, 5) is 8.04. The number of halogens is 4. The Labute approximate surface area is 122 Å². The first-order valence-corrected chi connectivity index (χ1v) is 6.56. The molecule has 20 heavy (non-hydrogen) atoms. The Morgan fingerprint density at radius 3 is 2.60 bits per heavy atom. The van der Waals surface area contributed by atoms with E-state index in [0.29, 0.717) is 11.4 Å². The summed E-state index contributed by atoms with van der Waals surface area (Å²) < 4.78 is 38.4. The highest BCUT2D eigenvalue weighted by atomic mass is 79.9. The molecule has 1 atom stereocenters. The van der Waals surface area contributed by atoms with E-state index in [1.807, 2.05) is 0 Å². The Morgan fingerprint density at radius 1 is 1.25 bits per heavy atom. The molecule has 0 radical (unpaired) electrons. The molecule has 0 amide bonds. The number of hydrogen-bond donors (Lipinski definition) is 1. The average molecular weight is 346 g/mol. The Morgan fingerprint density at radius 2 is 2.00 bits per heavy atom. The van der Waals surface area contributed by atoms with Crippen molar-refractivity contribution in [1.29, 1.82) is 0 Å². The molecule has 1 unspecified atom stereocenters. The van der Waals surface area contributed by atoms with Gasteiger partial charge in [-0.15, -0.1) is 0 Å². The summed E-state index contributed by atoms with van der Waals surface area (Å²) in [6, 6.07) is 3.77. The molecule has 2 rings (SSSR count). The van der Waals surface area contributed by atoms with Gasteiger partial charge < -0.3 is 5.32 Å². The number of benzene rings is 1. The van der Waals surface area contributed by atoms with E-state index in [1.165, 1.54) is 18.5 Å². The fraction of sp³-hybridized carbons (Fsp3) is 0.231. The van der Waals surface area contributed by atoms with Crippen molar-refractivity contribution in [2.45, 2.75) is 19.1 Å². The predicted octanol–water partition coefficient (Wildman–Crippen LogP) is 4.43. The van der Waals surface area contributed by atoms with Crippen LogP contribution in [-0.2, 0) is 6.18 Å². The van der Waals surface area contributed by atoms with Crippen molar-refractivity contribution in [3.8, 4) is 0 Å². The smallest absolute Gasteiger partial charge is 0.377 e. The molecule has 0 aliphatic heterocycles. The highest BCUT2D eigenvalue weighted by Crippen LogP contribution is 2.36. The molecular formula is C13H11BrF3N3. The van der Waals surface area contributed by atoms with Crippen LogP contribution in [0.15, 0.2) is 41.3 Å². The van der Waals surface area contributed by atoms with E-state index in [1.54, 1.807) is 19.2 Å². The van der Waals surface area contributed by atoms with E-state index < -0.39 is 11.7 Å². The molecule has 0 fully saturated rings. The van der Waals surface area contributed by atoms with Crippen LogP contribution in [0.25, 0.3) is 0 Å². The minimum Gasteiger partial charge on any atom is -0.377 e. The molecule has 1 N–H and O–H groups in total. The lowest BCUT2D eigenvalue weighted by molar-refractivity contribution is -0.138. The van der Waals surface area contributed by atoms with Crippen molar-refractivity contribution < 1.29 is 13.2 Å². The lowest BCUT2D eigenvalue weighted by atomic mass is 10.1. The maximum Gasteiger partial charge on any atom is 0.417 e. The first kappa shape index (κ1) is 14.8. The standard InChI is InChI=1S/C13H11BrF3N3/c1-8(12-7-18-4-5-19-12)20-9-2-3-11(14)10(6-9)13(15,16)17/h2-8,20H,1H3. The summed E-state index contributed by atoms with van der Waals surface area (Å²) in [5.74, 6) is 0. The van der Waals surface area contributed by atoms with Gasteiger partial charge in [-0.3, -0.25) is 9.97 Å².